The van der Waals surface area contributed by atoms with Crippen LogP contribution in [-0.4, -0.2) is 59.6 Å². The molecule has 0 saturated carbocycles. The number of rotatable bonds is 8. The summed E-state index contributed by atoms with van der Waals surface area (Å²) in [6.07, 6.45) is 1.40. The van der Waals surface area contributed by atoms with Gasteiger partial charge in [0.05, 0.1) is 18.5 Å². The highest BCUT2D eigenvalue weighted by atomic mass is 32.2. The molecule has 0 aliphatic carbocycles. The van der Waals surface area contributed by atoms with Gasteiger partial charge in [-0.05, 0) is 30.7 Å². The number of ether oxygens (including phenoxy) is 4. The lowest BCUT2D eigenvalue weighted by molar-refractivity contribution is -0.121. The van der Waals surface area contributed by atoms with Crippen LogP contribution in [0.25, 0.3) is 0 Å². The quantitative estimate of drug-likeness (QED) is 0.640. The van der Waals surface area contributed by atoms with E-state index in [2.05, 4.69) is 5.32 Å². The summed E-state index contributed by atoms with van der Waals surface area (Å²) in [6.45, 7) is 1.70. The molecule has 1 atom stereocenters. The Bertz CT molecular complexity index is 1070. The average Bonchev–Trinajstić information content (AvgIpc) is 2.79. The Kier molecular flexibility index (Phi) is 6.59. The van der Waals surface area contributed by atoms with E-state index in [1.165, 1.54) is 4.31 Å². The molecule has 0 saturated heterocycles. The van der Waals surface area contributed by atoms with Crippen LogP contribution in [0.2, 0.25) is 0 Å². The summed E-state index contributed by atoms with van der Waals surface area (Å²) in [5.41, 5.74) is 0.476. The molecule has 0 aromatic heterocycles. The molecular weight excluding hydrogens is 436 g/mol. The molecule has 0 radical (unpaired) electrons. The summed E-state index contributed by atoms with van der Waals surface area (Å²) in [5.74, 6) is 2.26. The fraction of sp³-hybridized carbons (Fsp3) is 0.409. The molecule has 4 rings (SSSR count). The number of hydrogen-bond acceptors (Lipinski definition) is 7. The lowest BCUT2D eigenvalue weighted by Crippen LogP contribution is -2.41. The number of benzene rings is 2. The van der Waals surface area contributed by atoms with Crippen molar-refractivity contribution >= 4 is 21.6 Å². The van der Waals surface area contributed by atoms with E-state index < -0.39 is 10.0 Å². The molecule has 1 unspecified atom stereocenters. The summed E-state index contributed by atoms with van der Waals surface area (Å²) >= 11 is 0. The third-order valence-corrected chi connectivity index (χ3v) is 6.27. The number of nitrogens with zero attached hydrogens (tertiary/aromatic N) is 1. The van der Waals surface area contributed by atoms with Crippen molar-refractivity contribution < 1.29 is 32.2 Å². The van der Waals surface area contributed by atoms with Crippen LogP contribution in [0.5, 0.6) is 23.0 Å². The first-order valence-electron chi connectivity index (χ1n) is 10.4. The topological polar surface area (TPSA) is 103 Å². The second-order valence-electron chi connectivity index (χ2n) is 7.57. The lowest BCUT2D eigenvalue weighted by Gasteiger charge is -2.26. The number of carbonyl (C=O) groups excluding carboxylic acids is 1. The molecular formula is C22H26N2O7S. The Labute approximate surface area is 187 Å². The van der Waals surface area contributed by atoms with Gasteiger partial charge in [0.2, 0.25) is 15.9 Å². The maximum atomic E-state index is 12.3. The highest BCUT2D eigenvalue weighted by Gasteiger charge is 2.23. The number of amides is 1. The first kappa shape index (κ1) is 22.1. The molecule has 1 amide bonds. The van der Waals surface area contributed by atoms with Gasteiger partial charge in [-0.15, -0.1) is 0 Å². The maximum Gasteiger partial charge on any atom is 0.232 e. The average molecular weight is 463 g/mol. The summed E-state index contributed by atoms with van der Waals surface area (Å²) in [5, 5.41) is 2.83. The highest BCUT2D eigenvalue weighted by molar-refractivity contribution is 7.92. The van der Waals surface area contributed by atoms with Crippen molar-refractivity contribution in [2.75, 3.05) is 43.5 Å². The van der Waals surface area contributed by atoms with Crippen LogP contribution in [0.4, 0.5) is 5.69 Å². The number of anilines is 1. The van der Waals surface area contributed by atoms with E-state index in [4.69, 9.17) is 18.9 Å². The van der Waals surface area contributed by atoms with E-state index in [1.54, 1.807) is 18.2 Å². The van der Waals surface area contributed by atoms with Gasteiger partial charge in [0, 0.05) is 19.0 Å². The largest absolute Gasteiger partial charge is 0.486 e. The van der Waals surface area contributed by atoms with E-state index in [0.29, 0.717) is 61.5 Å². The van der Waals surface area contributed by atoms with Gasteiger partial charge in [0.1, 0.15) is 25.9 Å². The normalized spacial score (nSPS) is 16.8. The summed E-state index contributed by atoms with van der Waals surface area (Å²) in [7, 11) is -3.53. The van der Waals surface area contributed by atoms with Crippen molar-refractivity contribution in [1.82, 2.24) is 5.32 Å². The van der Waals surface area contributed by atoms with E-state index in [0.717, 1.165) is 6.26 Å². The Morgan fingerprint density at radius 3 is 2.53 bits per heavy atom. The Morgan fingerprint density at radius 2 is 1.75 bits per heavy atom. The molecule has 0 spiro atoms. The SMILES string of the molecule is CS(=O)(=O)N(CCCC(=O)NCC1COc2ccccc2O1)c1ccc2c(c1)OCCO2. The molecule has 0 bridgehead atoms. The van der Waals surface area contributed by atoms with Crippen LogP contribution < -0.4 is 28.6 Å². The first-order chi connectivity index (χ1) is 15.4. The molecule has 9 nitrogen and oxygen atoms in total. The van der Waals surface area contributed by atoms with Gasteiger partial charge in [0.15, 0.2) is 23.0 Å². The third kappa shape index (κ3) is 5.37. The molecule has 32 heavy (non-hydrogen) atoms. The highest BCUT2D eigenvalue weighted by Crippen LogP contribution is 2.35. The van der Waals surface area contributed by atoms with E-state index in [1.807, 2.05) is 24.3 Å². The van der Waals surface area contributed by atoms with Gasteiger partial charge in [-0.3, -0.25) is 9.10 Å². The van der Waals surface area contributed by atoms with Crippen molar-refractivity contribution in [2.24, 2.45) is 0 Å². The van der Waals surface area contributed by atoms with Gasteiger partial charge in [-0.2, -0.15) is 0 Å². The minimum atomic E-state index is -3.53. The second-order valence-corrected chi connectivity index (χ2v) is 9.48. The molecule has 0 fully saturated rings. The van der Waals surface area contributed by atoms with Crippen LogP contribution in [0.3, 0.4) is 0 Å². The minimum Gasteiger partial charge on any atom is -0.486 e. The van der Waals surface area contributed by atoms with Gasteiger partial charge >= 0.3 is 0 Å². The summed E-state index contributed by atoms with van der Waals surface area (Å²) in [4.78, 5) is 12.3. The zero-order valence-corrected chi connectivity index (χ0v) is 18.6. The van der Waals surface area contributed by atoms with Crippen molar-refractivity contribution in [2.45, 2.75) is 18.9 Å². The molecule has 2 aromatic carbocycles. The van der Waals surface area contributed by atoms with Crippen molar-refractivity contribution in [1.29, 1.82) is 0 Å². The molecule has 172 valence electrons. The van der Waals surface area contributed by atoms with Crippen LogP contribution in [0, 0.1) is 0 Å². The molecule has 2 aliphatic heterocycles. The fourth-order valence-electron chi connectivity index (χ4n) is 3.54. The smallest absolute Gasteiger partial charge is 0.232 e. The van der Waals surface area contributed by atoms with E-state index in [-0.39, 0.29) is 25.0 Å². The molecule has 1 N–H and O–H groups in total. The van der Waals surface area contributed by atoms with Crippen LogP contribution in [0.15, 0.2) is 42.5 Å². The predicted molar refractivity (Wildman–Crippen MR) is 118 cm³/mol. The van der Waals surface area contributed by atoms with Crippen LogP contribution >= 0.6 is 0 Å². The number of hydrogen-bond donors (Lipinski definition) is 1. The number of sulfonamides is 1. The number of para-hydroxylation sites is 2. The fourth-order valence-corrected chi connectivity index (χ4v) is 4.49. The predicted octanol–water partition coefficient (Wildman–Crippen LogP) is 1.96. The number of carbonyl (C=O) groups is 1. The van der Waals surface area contributed by atoms with E-state index in [9.17, 15) is 13.2 Å². The van der Waals surface area contributed by atoms with Crippen LogP contribution in [0.1, 0.15) is 12.8 Å². The third-order valence-electron chi connectivity index (χ3n) is 5.07. The van der Waals surface area contributed by atoms with Crippen molar-refractivity contribution in [3.8, 4) is 23.0 Å². The maximum absolute atomic E-state index is 12.3. The Balaban J connectivity index is 1.27. The van der Waals surface area contributed by atoms with Crippen molar-refractivity contribution in [3.63, 3.8) is 0 Å². The van der Waals surface area contributed by atoms with Gasteiger partial charge in [-0.25, -0.2) is 8.42 Å². The molecule has 2 heterocycles. The second kappa shape index (κ2) is 9.56. The molecule has 2 aromatic rings. The standard InChI is InChI=1S/C22H26N2O7S/c1-32(26,27)24(16-8-9-19-21(13-16)29-12-11-28-19)10-4-7-22(25)23-14-17-15-30-18-5-2-3-6-20(18)31-17/h2-3,5-6,8-9,13,17H,4,7,10-12,14-15H2,1H3,(H,23,25). The Morgan fingerprint density at radius 1 is 1.03 bits per heavy atom. The molecule has 10 heteroatoms. The summed E-state index contributed by atoms with van der Waals surface area (Å²) < 4.78 is 48.4. The lowest BCUT2D eigenvalue weighted by atomic mass is 10.2. The van der Waals surface area contributed by atoms with Gasteiger partial charge in [0.25, 0.3) is 0 Å². The monoisotopic (exact) mass is 462 g/mol. The minimum absolute atomic E-state index is 0.169. The van der Waals surface area contributed by atoms with Gasteiger partial charge in [-0.1, -0.05) is 12.1 Å². The van der Waals surface area contributed by atoms with Crippen LogP contribution in [-0.2, 0) is 14.8 Å². The number of nitrogens with one attached hydrogen (secondary N) is 1. The zero-order chi connectivity index (χ0) is 22.6. The number of fused-ring (bicyclic) bond motifs is 2. The Hall–Kier alpha value is -3.14. The first-order valence-corrected chi connectivity index (χ1v) is 12.3. The molecule has 2 aliphatic rings. The summed E-state index contributed by atoms with van der Waals surface area (Å²) in [6, 6.07) is 12.4. The van der Waals surface area contributed by atoms with Crippen molar-refractivity contribution in [3.05, 3.63) is 42.5 Å². The van der Waals surface area contributed by atoms with Gasteiger partial charge < -0.3 is 24.3 Å². The zero-order valence-electron chi connectivity index (χ0n) is 17.8. The van der Waals surface area contributed by atoms with E-state index >= 15 is 0 Å².